The van der Waals surface area contributed by atoms with Crippen molar-refractivity contribution in [3.05, 3.63) is 185 Å². The standard InChI is InChI=1S/C46H42N4O10/c1-55-35-22-18-33(19-23-35)46(32-14-8-4-9-15-32,34-20-24-36(56-2)25-21-34)58-30-45-29-50(39(51)28-57-37-16-10-5-11-17-37)60-40(41(45)52)43(59-45)49-27-26-38(48-44(49)54)47-42(53)31-12-6-3-7-13-31/h3-27,40-41,43,52H,28-30H2,1-2H3,(H,47,48,53,54). The first-order valence-electron chi connectivity index (χ1n) is 19.2. The van der Waals surface area contributed by atoms with Crippen LogP contribution in [0.3, 0.4) is 0 Å². The Morgan fingerprint density at radius 3 is 1.93 bits per heavy atom. The van der Waals surface area contributed by atoms with Gasteiger partial charge in [0.15, 0.2) is 18.9 Å². The quantitative estimate of drug-likeness (QED) is 0.136. The smallest absolute Gasteiger partial charge is 0.351 e. The van der Waals surface area contributed by atoms with Gasteiger partial charge < -0.3 is 34.1 Å². The second kappa shape index (κ2) is 17.2. The third-order valence-electron chi connectivity index (χ3n) is 10.6. The van der Waals surface area contributed by atoms with E-state index in [0.717, 1.165) is 26.3 Å². The van der Waals surface area contributed by atoms with E-state index in [1.165, 1.54) is 12.3 Å². The van der Waals surface area contributed by atoms with E-state index in [9.17, 15) is 19.5 Å². The molecule has 0 radical (unpaired) electrons. The van der Waals surface area contributed by atoms with Crippen molar-refractivity contribution in [1.29, 1.82) is 0 Å². The summed E-state index contributed by atoms with van der Waals surface area (Å²) in [5.74, 6) is 0.735. The van der Waals surface area contributed by atoms with Crippen molar-refractivity contribution < 1.29 is 43.2 Å². The lowest BCUT2D eigenvalue weighted by Gasteiger charge is -2.43. The Hall–Kier alpha value is -6.84. The summed E-state index contributed by atoms with van der Waals surface area (Å²) in [4.78, 5) is 50.7. The van der Waals surface area contributed by atoms with Crippen molar-refractivity contribution in [2.24, 2.45) is 0 Å². The van der Waals surface area contributed by atoms with Gasteiger partial charge in [0.05, 0.1) is 27.4 Å². The number of nitrogens with zero attached hydrogens (tertiary/aromatic N) is 3. The van der Waals surface area contributed by atoms with E-state index in [1.54, 1.807) is 68.8 Å². The minimum absolute atomic E-state index is 0.00655. The molecule has 2 amide bonds. The van der Waals surface area contributed by atoms with Crippen LogP contribution < -0.4 is 25.2 Å². The molecule has 8 rings (SSSR count). The normalized spacial score (nSPS) is 19.6. The third kappa shape index (κ3) is 7.84. The van der Waals surface area contributed by atoms with E-state index in [0.29, 0.717) is 22.8 Å². The molecule has 2 bridgehead atoms. The Balaban J connectivity index is 1.17. The topological polar surface area (TPSA) is 160 Å². The maximum absolute atomic E-state index is 13.9. The average molecular weight is 811 g/mol. The number of anilines is 1. The maximum Gasteiger partial charge on any atom is 0.351 e. The summed E-state index contributed by atoms with van der Waals surface area (Å²) in [5, 5.41) is 15.9. The van der Waals surface area contributed by atoms with Crippen LogP contribution in [0.4, 0.5) is 5.82 Å². The van der Waals surface area contributed by atoms with Crippen LogP contribution in [0.5, 0.6) is 17.2 Å². The lowest BCUT2D eigenvalue weighted by atomic mass is 9.79. The molecule has 1 aromatic heterocycles. The number of ether oxygens (including phenoxy) is 5. The summed E-state index contributed by atoms with van der Waals surface area (Å²) in [6.07, 6.45) is -2.62. The van der Waals surface area contributed by atoms with Gasteiger partial charge in [-0.05, 0) is 71.3 Å². The molecule has 306 valence electrons. The molecule has 2 N–H and O–H groups in total. The van der Waals surface area contributed by atoms with Gasteiger partial charge in [0.2, 0.25) is 0 Å². The molecule has 6 aromatic rings. The summed E-state index contributed by atoms with van der Waals surface area (Å²) >= 11 is 0. The second-order valence-corrected chi connectivity index (χ2v) is 14.2. The van der Waals surface area contributed by atoms with Gasteiger partial charge in [-0.1, -0.05) is 91.0 Å². The van der Waals surface area contributed by atoms with Gasteiger partial charge in [0.1, 0.15) is 40.4 Å². The SMILES string of the molecule is COc1ccc(C(OCC23CN(C(=O)COc4ccccc4)OC(C(n4ccc(NC(=O)c5ccccc5)nc4=O)O2)C3O)(c2ccccc2)c2ccc(OC)cc2)cc1. The van der Waals surface area contributed by atoms with Crippen LogP contribution in [0, 0.1) is 0 Å². The number of amides is 2. The number of rotatable bonds is 14. The zero-order chi connectivity index (χ0) is 41.7. The number of hydrogen-bond donors (Lipinski definition) is 2. The number of benzene rings is 5. The number of carbonyl (C=O) groups is 2. The van der Waals surface area contributed by atoms with Crippen LogP contribution >= 0.6 is 0 Å². The van der Waals surface area contributed by atoms with Crippen LogP contribution in [-0.4, -0.2) is 83.3 Å². The van der Waals surface area contributed by atoms with Crippen LogP contribution in [0.2, 0.25) is 0 Å². The van der Waals surface area contributed by atoms with Gasteiger partial charge in [0, 0.05) is 11.8 Å². The maximum atomic E-state index is 13.9. The minimum atomic E-state index is -1.67. The largest absolute Gasteiger partial charge is 0.497 e. The minimum Gasteiger partial charge on any atom is -0.497 e. The molecule has 2 saturated heterocycles. The summed E-state index contributed by atoms with van der Waals surface area (Å²) in [6, 6.07) is 43.3. The van der Waals surface area contributed by atoms with E-state index in [-0.39, 0.29) is 19.0 Å². The fourth-order valence-electron chi connectivity index (χ4n) is 7.52. The van der Waals surface area contributed by atoms with Crippen molar-refractivity contribution in [3.63, 3.8) is 0 Å². The van der Waals surface area contributed by atoms with E-state index in [4.69, 9.17) is 28.5 Å². The average Bonchev–Trinajstić information content (AvgIpc) is 3.43. The fraction of sp³-hybridized carbons (Fsp3) is 0.217. The molecule has 4 atom stereocenters. The Morgan fingerprint density at radius 2 is 1.35 bits per heavy atom. The summed E-state index contributed by atoms with van der Waals surface area (Å²) in [5.41, 5.74) is -1.22. The van der Waals surface area contributed by atoms with Crippen LogP contribution in [0.25, 0.3) is 0 Å². The van der Waals surface area contributed by atoms with Crippen molar-refractivity contribution in [2.45, 2.75) is 29.6 Å². The molecular formula is C46H42N4O10. The molecule has 2 aliphatic rings. The summed E-state index contributed by atoms with van der Waals surface area (Å²) < 4.78 is 31.9. The summed E-state index contributed by atoms with van der Waals surface area (Å²) in [6.45, 7) is -1.01. The molecular weight excluding hydrogens is 769 g/mol. The molecule has 3 heterocycles. The van der Waals surface area contributed by atoms with Gasteiger partial charge in [-0.25, -0.2) is 9.86 Å². The Bertz CT molecular complexity index is 2420. The Morgan fingerprint density at radius 1 is 0.783 bits per heavy atom. The molecule has 0 aliphatic carbocycles. The molecule has 2 fully saturated rings. The number of carbonyl (C=O) groups excluding carboxylic acids is 2. The number of hydrogen-bond acceptors (Lipinski definition) is 11. The van der Waals surface area contributed by atoms with Crippen LogP contribution in [-0.2, 0) is 24.7 Å². The zero-order valence-electron chi connectivity index (χ0n) is 32.8. The number of para-hydroxylation sites is 1. The van der Waals surface area contributed by atoms with Crippen LogP contribution in [0.1, 0.15) is 33.3 Å². The highest BCUT2D eigenvalue weighted by Crippen LogP contribution is 2.47. The Labute approximate surface area is 345 Å². The predicted molar refractivity (Wildman–Crippen MR) is 219 cm³/mol. The predicted octanol–water partition coefficient (Wildman–Crippen LogP) is 5.37. The molecule has 5 aromatic carbocycles. The first-order chi connectivity index (χ1) is 29.2. The van der Waals surface area contributed by atoms with Gasteiger partial charge >= 0.3 is 5.69 Å². The van der Waals surface area contributed by atoms with Gasteiger partial charge in [0.25, 0.3) is 11.8 Å². The monoisotopic (exact) mass is 810 g/mol. The number of aliphatic hydroxyl groups is 1. The third-order valence-corrected chi connectivity index (χ3v) is 10.6. The lowest BCUT2D eigenvalue weighted by Crippen LogP contribution is -2.62. The van der Waals surface area contributed by atoms with Gasteiger partial charge in [-0.2, -0.15) is 4.98 Å². The van der Waals surface area contributed by atoms with E-state index < -0.39 is 53.7 Å². The summed E-state index contributed by atoms with van der Waals surface area (Å²) in [7, 11) is 3.17. The van der Waals surface area contributed by atoms with Crippen molar-refractivity contribution in [2.75, 3.05) is 39.3 Å². The fourth-order valence-corrected chi connectivity index (χ4v) is 7.52. The second-order valence-electron chi connectivity index (χ2n) is 14.2. The number of aliphatic hydroxyl groups excluding tert-OH is 1. The number of fused-ring (bicyclic) bond motifs is 2. The molecule has 60 heavy (non-hydrogen) atoms. The first-order valence-corrected chi connectivity index (χ1v) is 19.2. The van der Waals surface area contributed by atoms with E-state index in [2.05, 4.69) is 10.3 Å². The number of hydroxylamine groups is 2. The number of methoxy groups -OCH3 is 2. The van der Waals surface area contributed by atoms with Gasteiger partial charge in [-0.3, -0.25) is 19.0 Å². The van der Waals surface area contributed by atoms with Crippen LogP contribution in [0.15, 0.2) is 157 Å². The molecule has 14 heteroatoms. The van der Waals surface area contributed by atoms with Crippen molar-refractivity contribution in [3.8, 4) is 17.2 Å². The molecule has 4 unspecified atom stereocenters. The number of aromatic nitrogens is 2. The number of nitrogens with one attached hydrogen (secondary N) is 1. The Kier molecular flexibility index (Phi) is 11.4. The van der Waals surface area contributed by atoms with Crippen molar-refractivity contribution in [1.82, 2.24) is 14.6 Å². The zero-order valence-corrected chi connectivity index (χ0v) is 32.8. The highest BCUT2D eigenvalue weighted by molar-refractivity contribution is 6.03. The molecule has 0 saturated carbocycles. The van der Waals surface area contributed by atoms with E-state index in [1.807, 2.05) is 84.9 Å². The van der Waals surface area contributed by atoms with E-state index >= 15 is 0 Å². The lowest BCUT2D eigenvalue weighted by molar-refractivity contribution is -0.264. The molecule has 0 spiro atoms. The molecule has 2 aliphatic heterocycles. The van der Waals surface area contributed by atoms with Crippen molar-refractivity contribution >= 4 is 17.6 Å². The highest BCUT2D eigenvalue weighted by Gasteiger charge is 2.63. The molecule has 14 nitrogen and oxygen atoms in total. The first kappa shape index (κ1) is 40.0. The van der Waals surface area contributed by atoms with Gasteiger partial charge in [-0.15, -0.1) is 0 Å². The highest BCUT2D eigenvalue weighted by atomic mass is 16.7.